The Balaban J connectivity index is 1.42. The second-order valence-corrected chi connectivity index (χ2v) is 14.8. The number of hydrogen-bond donors (Lipinski definition) is 0. The number of aromatic nitrogens is 2. The summed E-state index contributed by atoms with van der Waals surface area (Å²) >= 11 is 2.86. The average molecular weight is 775 g/mol. The van der Waals surface area contributed by atoms with Crippen molar-refractivity contribution in [3.05, 3.63) is 198 Å². The third-order valence-electron chi connectivity index (χ3n) is 9.56. The number of fused-ring (bicyclic) bond motifs is 1. The number of benzene rings is 5. The Morgan fingerprint density at radius 2 is 1.46 bits per heavy atom. The van der Waals surface area contributed by atoms with Gasteiger partial charge in [-0.05, 0) is 66.3 Å². The van der Waals surface area contributed by atoms with Crippen molar-refractivity contribution >= 4 is 46.5 Å². The van der Waals surface area contributed by atoms with E-state index in [-0.39, 0.29) is 23.4 Å². The highest BCUT2D eigenvalue weighted by Crippen LogP contribution is 2.38. The van der Waals surface area contributed by atoms with Gasteiger partial charge in [-0.15, -0.1) is 11.8 Å². The maximum absolute atomic E-state index is 14.9. The predicted octanol–water partition coefficient (Wildman–Crippen LogP) is 8.69. The third-order valence-corrected chi connectivity index (χ3v) is 11.3. The molecule has 0 saturated carbocycles. The summed E-state index contributed by atoms with van der Waals surface area (Å²) in [5, 5.41) is 11.6. The van der Waals surface area contributed by atoms with Crippen molar-refractivity contribution in [2.45, 2.75) is 17.9 Å². The van der Waals surface area contributed by atoms with Crippen LogP contribution in [0.3, 0.4) is 0 Å². The van der Waals surface area contributed by atoms with Crippen molar-refractivity contribution in [2.75, 3.05) is 12.9 Å². The molecule has 0 aliphatic carbocycles. The number of rotatable bonds is 10. The van der Waals surface area contributed by atoms with Gasteiger partial charge >= 0.3 is 5.97 Å². The Hall–Kier alpha value is -6.56. The van der Waals surface area contributed by atoms with Crippen molar-refractivity contribution in [2.24, 2.45) is 4.99 Å². The van der Waals surface area contributed by atoms with Crippen LogP contribution in [0, 0.1) is 10.1 Å². The molecule has 2 aromatic heterocycles. The third kappa shape index (κ3) is 6.82. The van der Waals surface area contributed by atoms with Crippen LogP contribution in [0.1, 0.15) is 29.7 Å². The van der Waals surface area contributed by atoms with Crippen LogP contribution >= 0.6 is 23.1 Å². The predicted molar refractivity (Wildman–Crippen MR) is 223 cm³/mol. The van der Waals surface area contributed by atoms with Crippen LogP contribution in [0.4, 0.5) is 5.69 Å². The maximum atomic E-state index is 14.9. The molecule has 0 spiro atoms. The minimum atomic E-state index is -0.809. The maximum Gasteiger partial charge on any atom is 0.338 e. The molecule has 5 aromatic carbocycles. The van der Waals surface area contributed by atoms with Crippen LogP contribution in [0.15, 0.2) is 166 Å². The van der Waals surface area contributed by atoms with E-state index in [9.17, 15) is 19.7 Å². The first-order valence-electron chi connectivity index (χ1n) is 17.9. The fourth-order valence-corrected chi connectivity index (χ4v) is 8.43. The smallest absolute Gasteiger partial charge is 0.338 e. The number of nitro groups is 1. The second-order valence-electron chi connectivity index (χ2n) is 12.9. The fraction of sp³-hybridized carbons (Fsp3) is 0.0889. The summed E-state index contributed by atoms with van der Waals surface area (Å²) in [7, 11) is 0. The summed E-state index contributed by atoms with van der Waals surface area (Å²) < 4.78 is 9.75. The van der Waals surface area contributed by atoms with E-state index in [1.54, 1.807) is 35.4 Å². The minimum Gasteiger partial charge on any atom is -0.463 e. The number of thiazole rings is 1. The van der Waals surface area contributed by atoms with E-state index < -0.39 is 16.9 Å². The zero-order valence-corrected chi connectivity index (χ0v) is 32.0. The number of nitrogens with zero attached hydrogens (tertiary/aromatic N) is 4. The van der Waals surface area contributed by atoms with Crippen LogP contribution in [-0.4, -0.2) is 32.9 Å². The summed E-state index contributed by atoms with van der Waals surface area (Å²) in [4.78, 5) is 46.6. The van der Waals surface area contributed by atoms with Gasteiger partial charge in [-0.3, -0.25) is 19.5 Å². The largest absolute Gasteiger partial charge is 0.463 e. The Morgan fingerprint density at radius 3 is 2.05 bits per heavy atom. The van der Waals surface area contributed by atoms with Crippen molar-refractivity contribution in [1.29, 1.82) is 0 Å². The van der Waals surface area contributed by atoms with Crippen molar-refractivity contribution in [1.82, 2.24) is 9.13 Å². The van der Waals surface area contributed by atoms with Gasteiger partial charge in [-0.25, -0.2) is 9.79 Å². The Morgan fingerprint density at radius 1 is 0.857 bits per heavy atom. The molecule has 56 heavy (non-hydrogen) atoms. The Labute approximate surface area is 330 Å². The first-order chi connectivity index (χ1) is 27.4. The number of esters is 1. The lowest BCUT2D eigenvalue weighted by Gasteiger charge is -2.26. The van der Waals surface area contributed by atoms with Gasteiger partial charge < -0.3 is 9.30 Å². The SMILES string of the molecule is CCOC(=O)C1=C(c2ccccc2)N=c2s/c(=C\c3cc(-c4ccccc4)n(-c4ccc([N+](=O)[O-])cc4)c3-c3ccccc3)c(=O)n2[C@H]1c1ccc(SC)cc1. The average Bonchev–Trinajstić information content (AvgIpc) is 3.78. The second kappa shape index (κ2) is 15.7. The summed E-state index contributed by atoms with van der Waals surface area (Å²) in [6.45, 7) is 1.92. The number of carbonyl (C=O) groups is 1. The lowest BCUT2D eigenvalue weighted by molar-refractivity contribution is -0.384. The molecule has 7 aromatic rings. The van der Waals surface area contributed by atoms with E-state index in [2.05, 4.69) is 4.57 Å². The van der Waals surface area contributed by atoms with E-state index in [0.717, 1.165) is 49.8 Å². The molecule has 0 radical (unpaired) electrons. The van der Waals surface area contributed by atoms with Crippen LogP contribution in [0.5, 0.6) is 0 Å². The van der Waals surface area contributed by atoms with Crippen molar-refractivity contribution in [3.63, 3.8) is 0 Å². The highest BCUT2D eigenvalue weighted by Gasteiger charge is 2.35. The lowest BCUT2D eigenvalue weighted by atomic mass is 9.93. The van der Waals surface area contributed by atoms with Crippen molar-refractivity contribution in [3.8, 4) is 28.2 Å². The number of ether oxygens (including phenoxy) is 1. The summed E-state index contributed by atoms with van der Waals surface area (Å²) in [5.41, 5.74) is 6.82. The van der Waals surface area contributed by atoms with Gasteiger partial charge in [0.25, 0.3) is 11.2 Å². The number of hydrogen-bond acceptors (Lipinski definition) is 8. The van der Waals surface area contributed by atoms with E-state index in [0.29, 0.717) is 15.0 Å². The molecule has 1 aliphatic rings. The van der Waals surface area contributed by atoms with Gasteiger partial charge in [-0.2, -0.15) is 0 Å². The number of non-ortho nitro benzene ring substituents is 1. The van der Waals surface area contributed by atoms with E-state index in [1.807, 2.05) is 134 Å². The Kier molecular flexibility index (Phi) is 10.2. The normalized spacial score (nSPS) is 14.0. The topological polar surface area (TPSA) is 109 Å². The molecule has 0 fully saturated rings. The molecule has 0 unspecified atom stereocenters. The zero-order chi connectivity index (χ0) is 38.8. The van der Waals surface area contributed by atoms with E-state index in [4.69, 9.17) is 9.73 Å². The molecule has 8 rings (SSSR count). The van der Waals surface area contributed by atoms with Crippen molar-refractivity contribution < 1.29 is 14.5 Å². The zero-order valence-electron chi connectivity index (χ0n) is 30.4. The minimum absolute atomic E-state index is 0.0144. The molecule has 0 bridgehead atoms. The molecule has 1 aliphatic heterocycles. The molecule has 3 heterocycles. The number of carbonyl (C=O) groups excluding carboxylic acids is 1. The molecule has 9 nitrogen and oxygen atoms in total. The van der Waals surface area contributed by atoms with Gasteiger partial charge in [0.1, 0.15) is 0 Å². The van der Waals surface area contributed by atoms with Crippen LogP contribution in [-0.2, 0) is 9.53 Å². The molecule has 276 valence electrons. The van der Waals surface area contributed by atoms with Gasteiger partial charge in [0.05, 0.1) is 44.8 Å². The van der Waals surface area contributed by atoms with Gasteiger partial charge in [0, 0.05) is 33.8 Å². The molecular weight excluding hydrogens is 741 g/mol. The molecule has 0 saturated heterocycles. The van der Waals surface area contributed by atoms with Gasteiger partial charge in [0.15, 0.2) is 4.80 Å². The van der Waals surface area contributed by atoms with Crippen LogP contribution < -0.4 is 14.9 Å². The lowest BCUT2D eigenvalue weighted by Crippen LogP contribution is -2.40. The summed E-state index contributed by atoms with van der Waals surface area (Å²) in [6, 6.07) is 44.8. The Bertz CT molecular complexity index is 2790. The monoisotopic (exact) mass is 774 g/mol. The van der Waals surface area contributed by atoms with Crippen LogP contribution in [0.2, 0.25) is 0 Å². The molecule has 11 heteroatoms. The van der Waals surface area contributed by atoms with Gasteiger partial charge in [0.2, 0.25) is 0 Å². The first kappa shape index (κ1) is 36.4. The van der Waals surface area contributed by atoms with Gasteiger partial charge in [-0.1, -0.05) is 114 Å². The first-order valence-corrected chi connectivity index (χ1v) is 19.9. The fourth-order valence-electron chi connectivity index (χ4n) is 7.03. The highest BCUT2D eigenvalue weighted by molar-refractivity contribution is 7.98. The molecule has 0 amide bonds. The summed E-state index contributed by atoms with van der Waals surface area (Å²) in [6.07, 6.45) is 3.88. The number of thioether (sulfide) groups is 1. The van der Waals surface area contributed by atoms with E-state index >= 15 is 0 Å². The molecular formula is C45H34N4O5S2. The summed E-state index contributed by atoms with van der Waals surface area (Å²) in [5.74, 6) is -0.539. The molecule has 0 N–H and O–H groups in total. The van der Waals surface area contributed by atoms with Crippen LogP contribution in [0.25, 0.3) is 40.0 Å². The quantitative estimate of drug-likeness (QED) is 0.0596. The molecule has 1 atom stereocenters. The highest BCUT2D eigenvalue weighted by atomic mass is 32.2. The standard InChI is InChI=1S/C45H34N4O5S2/c1-3-54-44(51)39-40(30-15-9-5-10-16-30)46-45-48(42(39)32-19-25-36(55-2)26-20-32)43(50)38(56-45)28-33-27-37(29-13-7-4-8-14-29)47(41(33)31-17-11-6-12-18-31)34-21-23-35(24-22-34)49(52)53/h4-28,42H,3H2,1-2H3/b38-28-/t42-/m0/s1. The van der Waals surface area contributed by atoms with E-state index in [1.165, 1.54) is 23.5 Å². The number of nitro benzene ring substituents is 1.